The summed E-state index contributed by atoms with van der Waals surface area (Å²) in [7, 11) is 0. The van der Waals surface area contributed by atoms with Crippen molar-refractivity contribution in [1.29, 1.82) is 0 Å². The number of hydrazone groups is 1. The molecule has 0 fully saturated rings. The second-order valence-corrected chi connectivity index (χ2v) is 5.21. The highest BCUT2D eigenvalue weighted by atomic mass is 32.1. The third-order valence-corrected chi connectivity index (χ3v) is 3.64. The largest absolute Gasteiger partial charge is 0.459 e. The fraction of sp³-hybridized carbons (Fsp3) is 0.286. The molecule has 0 aromatic carbocycles. The van der Waals surface area contributed by atoms with Crippen molar-refractivity contribution in [3.8, 4) is 0 Å². The Morgan fingerprint density at radius 3 is 2.91 bits per heavy atom. The number of anilines is 1. The summed E-state index contributed by atoms with van der Waals surface area (Å²) < 4.78 is 14.0. The van der Waals surface area contributed by atoms with Gasteiger partial charge in [-0.3, -0.25) is 10.1 Å². The minimum Gasteiger partial charge on any atom is -0.459 e. The Hall–Kier alpha value is -2.68. The number of hydrogen-bond donors (Lipinski definition) is 2. The van der Waals surface area contributed by atoms with E-state index in [1.807, 2.05) is 0 Å². The Bertz CT molecular complexity index is 721. The molecule has 0 aliphatic rings. The zero-order valence-corrected chi connectivity index (χ0v) is 13.7. The van der Waals surface area contributed by atoms with Gasteiger partial charge in [0.1, 0.15) is 5.00 Å². The lowest BCUT2D eigenvalue weighted by molar-refractivity contribution is 0.0927. The van der Waals surface area contributed by atoms with E-state index in [1.54, 1.807) is 26.8 Å². The van der Waals surface area contributed by atoms with Gasteiger partial charge < -0.3 is 9.15 Å². The van der Waals surface area contributed by atoms with Gasteiger partial charge in [0.2, 0.25) is 0 Å². The Morgan fingerprint density at radius 1 is 1.48 bits per heavy atom. The van der Waals surface area contributed by atoms with Crippen molar-refractivity contribution in [3.63, 3.8) is 0 Å². The maximum Gasteiger partial charge on any atom is 0.412 e. The Kier molecular flexibility index (Phi) is 5.47. The highest BCUT2D eigenvalue weighted by Gasteiger charge is 2.17. The van der Waals surface area contributed by atoms with Crippen LogP contribution in [0.3, 0.4) is 0 Å². The molecule has 2 amide bonds. The van der Waals surface area contributed by atoms with Crippen LogP contribution in [-0.2, 0) is 4.74 Å². The lowest BCUT2D eigenvalue weighted by Gasteiger charge is -2.06. The number of carbonyl (C=O) groups is 2. The van der Waals surface area contributed by atoms with Crippen molar-refractivity contribution in [2.45, 2.75) is 20.8 Å². The van der Waals surface area contributed by atoms with E-state index < -0.39 is 12.0 Å². The molecule has 0 spiro atoms. The topological polar surface area (TPSA) is 106 Å². The van der Waals surface area contributed by atoms with Crippen LogP contribution in [0.4, 0.5) is 9.80 Å². The number of aryl methyl sites for hydroxylation is 1. The summed E-state index contributed by atoms with van der Waals surface area (Å²) in [4.78, 5) is 23.3. The van der Waals surface area contributed by atoms with Gasteiger partial charge in [0, 0.05) is 0 Å². The van der Waals surface area contributed by atoms with Crippen molar-refractivity contribution in [2.75, 3.05) is 11.9 Å². The summed E-state index contributed by atoms with van der Waals surface area (Å²) >= 11 is 1.12. The van der Waals surface area contributed by atoms with Crippen molar-refractivity contribution < 1.29 is 18.7 Å². The second kappa shape index (κ2) is 7.54. The monoisotopic (exact) mass is 336 g/mol. The van der Waals surface area contributed by atoms with Gasteiger partial charge in [0.25, 0.3) is 0 Å². The maximum absolute atomic E-state index is 11.8. The van der Waals surface area contributed by atoms with E-state index in [9.17, 15) is 9.59 Å². The molecule has 8 nitrogen and oxygen atoms in total. The molecule has 0 unspecified atom stereocenters. The molecule has 2 rings (SSSR count). The Labute approximate surface area is 136 Å². The van der Waals surface area contributed by atoms with Crippen molar-refractivity contribution in [2.24, 2.45) is 5.10 Å². The van der Waals surface area contributed by atoms with Gasteiger partial charge in [-0.15, -0.1) is 0 Å². The molecule has 0 saturated carbocycles. The minimum atomic E-state index is -0.565. The highest BCUT2D eigenvalue weighted by Crippen LogP contribution is 2.25. The standard InChI is InChI=1S/C14H16N4O4S/c1-4-21-14(20)15-13-11(9(3)18-23-13)8(2)16-17-12(19)10-6-5-7-22-10/h5-7H,4H2,1-3H3,(H,15,20)(H,17,19)/b16-8+. The van der Waals surface area contributed by atoms with Gasteiger partial charge in [-0.1, -0.05) is 0 Å². The molecule has 2 aromatic rings. The normalized spacial score (nSPS) is 11.2. The molecule has 23 heavy (non-hydrogen) atoms. The lowest BCUT2D eigenvalue weighted by atomic mass is 10.2. The van der Waals surface area contributed by atoms with E-state index in [4.69, 9.17) is 9.15 Å². The third kappa shape index (κ3) is 4.16. The number of ether oxygens (including phenoxy) is 1. The van der Waals surface area contributed by atoms with Gasteiger partial charge in [0.05, 0.1) is 29.8 Å². The summed E-state index contributed by atoms with van der Waals surface area (Å²) in [5, 5.41) is 7.15. The molecular formula is C14H16N4O4S. The van der Waals surface area contributed by atoms with Crippen molar-refractivity contribution in [3.05, 3.63) is 35.4 Å². The third-order valence-electron chi connectivity index (χ3n) is 2.79. The molecule has 2 aromatic heterocycles. The van der Waals surface area contributed by atoms with Gasteiger partial charge in [-0.2, -0.15) is 9.47 Å². The molecule has 0 saturated heterocycles. The molecule has 9 heteroatoms. The molecule has 0 radical (unpaired) electrons. The van der Waals surface area contributed by atoms with Crippen molar-refractivity contribution in [1.82, 2.24) is 9.80 Å². The number of rotatable bonds is 5. The van der Waals surface area contributed by atoms with Gasteiger partial charge >= 0.3 is 12.0 Å². The number of aromatic nitrogens is 1. The summed E-state index contributed by atoms with van der Waals surface area (Å²) in [6.07, 6.45) is 0.838. The molecule has 2 heterocycles. The summed E-state index contributed by atoms with van der Waals surface area (Å²) in [5.74, 6) is -0.304. The molecule has 0 atom stereocenters. The van der Waals surface area contributed by atoms with Crippen LogP contribution in [0.2, 0.25) is 0 Å². The molecule has 0 aliphatic carbocycles. The average molecular weight is 336 g/mol. The zero-order chi connectivity index (χ0) is 16.8. The van der Waals surface area contributed by atoms with E-state index in [0.29, 0.717) is 22.0 Å². The van der Waals surface area contributed by atoms with Crippen LogP contribution in [0.15, 0.2) is 27.9 Å². The van der Waals surface area contributed by atoms with E-state index in [0.717, 1.165) is 11.5 Å². The molecule has 0 bridgehead atoms. The summed E-state index contributed by atoms with van der Waals surface area (Å²) in [5.41, 5.74) is 4.23. The number of carbonyl (C=O) groups excluding carboxylic acids is 2. The van der Waals surface area contributed by atoms with Crippen LogP contribution in [0.25, 0.3) is 0 Å². The second-order valence-electron chi connectivity index (χ2n) is 4.43. The minimum absolute atomic E-state index is 0.159. The fourth-order valence-electron chi connectivity index (χ4n) is 1.79. The summed E-state index contributed by atoms with van der Waals surface area (Å²) in [6, 6.07) is 3.14. The van der Waals surface area contributed by atoms with E-state index in [2.05, 4.69) is 20.2 Å². The molecule has 0 aliphatic heterocycles. The summed E-state index contributed by atoms with van der Waals surface area (Å²) in [6.45, 7) is 5.48. The van der Waals surface area contributed by atoms with E-state index in [-0.39, 0.29) is 12.4 Å². The maximum atomic E-state index is 11.8. The van der Waals surface area contributed by atoms with Crippen LogP contribution < -0.4 is 10.7 Å². The van der Waals surface area contributed by atoms with Crippen molar-refractivity contribution >= 4 is 34.2 Å². The van der Waals surface area contributed by atoms with Crippen LogP contribution in [0.5, 0.6) is 0 Å². The average Bonchev–Trinajstić information content (AvgIpc) is 3.15. The fourth-order valence-corrected chi connectivity index (χ4v) is 2.63. The van der Waals surface area contributed by atoms with Gasteiger partial charge in [-0.25, -0.2) is 10.2 Å². The first-order valence-electron chi connectivity index (χ1n) is 6.81. The molecular weight excluding hydrogens is 320 g/mol. The Morgan fingerprint density at radius 2 is 2.26 bits per heavy atom. The molecule has 122 valence electrons. The highest BCUT2D eigenvalue weighted by molar-refractivity contribution is 7.11. The first-order valence-corrected chi connectivity index (χ1v) is 7.58. The van der Waals surface area contributed by atoms with Gasteiger partial charge in [0.15, 0.2) is 5.76 Å². The van der Waals surface area contributed by atoms with Gasteiger partial charge in [-0.05, 0) is 44.4 Å². The van der Waals surface area contributed by atoms with E-state index in [1.165, 1.54) is 12.3 Å². The smallest absolute Gasteiger partial charge is 0.412 e. The van der Waals surface area contributed by atoms with Crippen LogP contribution in [-0.4, -0.2) is 28.7 Å². The number of hydrogen-bond acceptors (Lipinski definition) is 7. The Balaban J connectivity index is 2.13. The SMILES string of the molecule is CCOC(=O)Nc1snc(C)c1/C(C)=N/NC(=O)c1ccco1. The van der Waals surface area contributed by atoms with Crippen LogP contribution >= 0.6 is 11.5 Å². The number of furan rings is 1. The first kappa shape index (κ1) is 16.7. The number of amides is 2. The first-order chi connectivity index (χ1) is 11.0. The quantitative estimate of drug-likeness (QED) is 0.645. The van der Waals surface area contributed by atoms with E-state index >= 15 is 0 Å². The number of nitrogens with zero attached hydrogens (tertiary/aromatic N) is 2. The van der Waals surface area contributed by atoms with Crippen LogP contribution in [0.1, 0.15) is 35.7 Å². The molecule has 2 N–H and O–H groups in total. The predicted octanol–water partition coefficient (Wildman–Crippen LogP) is 2.77. The van der Waals surface area contributed by atoms with Crippen LogP contribution in [0, 0.1) is 6.92 Å². The number of nitrogens with one attached hydrogen (secondary N) is 2. The predicted molar refractivity (Wildman–Crippen MR) is 85.9 cm³/mol. The lowest BCUT2D eigenvalue weighted by Crippen LogP contribution is -2.19. The zero-order valence-electron chi connectivity index (χ0n) is 12.9.